The normalized spacial score (nSPS) is 12.6. The van der Waals surface area contributed by atoms with E-state index in [9.17, 15) is 0 Å². The molecule has 5 heteroatoms. The molecule has 0 radical (unpaired) electrons. The first kappa shape index (κ1) is 13.9. The largest absolute Gasteiger partial charge is 0.481 e. The van der Waals surface area contributed by atoms with E-state index in [0.717, 1.165) is 22.7 Å². The van der Waals surface area contributed by atoms with Crippen molar-refractivity contribution in [1.29, 1.82) is 0 Å². The Morgan fingerprint density at radius 3 is 2.67 bits per heavy atom. The fourth-order valence-electron chi connectivity index (χ4n) is 2.36. The second kappa shape index (κ2) is 5.37. The van der Waals surface area contributed by atoms with Crippen molar-refractivity contribution >= 4 is 22.8 Å². The lowest BCUT2D eigenvalue weighted by atomic mass is 10.2. The van der Waals surface area contributed by atoms with Crippen LogP contribution >= 0.6 is 11.6 Å². The van der Waals surface area contributed by atoms with E-state index in [-0.39, 0.29) is 5.38 Å². The zero-order valence-electron chi connectivity index (χ0n) is 12.2. The van der Waals surface area contributed by atoms with Crippen molar-refractivity contribution in [3.63, 3.8) is 0 Å². The van der Waals surface area contributed by atoms with E-state index in [4.69, 9.17) is 16.3 Å². The molecule has 4 nitrogen and oxygen atoms in total. The molecule has 0 fully saturated rings. The van der Waals surface area contributed by atoms with Gasteiger partial charge >= 0.3 is 0 Å². The number of alkyl halides is 1. The summed E-state index contributed by atoms with van der Waals surface area (Å²) in [7, 11) is 1.60. The molecule has 108 valence electrons. The highest BCUT2D eigenvalue weighted by Gasteiger charge is 2.18. The van der Waals surface area contributed by atoms with Crippen LogP contribution in [0.15, 0.2) is 36.4 Å². The van der Waals surface area contributed by atoms with Gasteiger partial charge in [-0.25, -0.2) is 4.98 Å². The van der Waals surface area contributed by atoms with Crippen molar-refractivity contribution in [2.75, 3.05) is 7.11 Å². The van der Waals surface area contributed by atoms with Crippen molar-refractivity contribution in [2.45, 2.75) is 19.2 Å². The van der Waals surface area contributed by atoms with E-state index in [1.165, 1.54) is 5.56 Å². The molecule has 0 N–H and O–H groups in total. The summed E-state index contributed by atoms with van der Waals surface area (Å²) in [5, 5.41) is -0.217. The predicted octanol–water partition coefficient (Wildman–Crippen LogP) is 4.04. The van der Waals surface area contributed by atoms with Gasteiger partial charge in [0.15, 0.2) is 5.65 Å². The van der Waals surface area contributed by atoms with Crippen molar-refractivity contribution in [2.24, 2.45) is 0 Å². The number of ether oxygens (including phenoxy) is 1. The second-order valence-corrected chi connectivity index (χ2v) is 5.61. The van der Waals surface area contributed by atoms with Crippen LogP contribution in [0.2, 0.25) is 0 Å². The highest BCUT2D eigenvalue weighted by Crippen LogP contribution is 2.28. The number of methoxy groups -OCH3 is 1. The lowest BCUT2D eigenvalue weighted by Gasteiger charge is -2.11. The molecular weight excluding hydrogens is 286 g/mol. The minimum Gasteiger partial charge on any atom is -0.481 e. The Balaban J connectivity index is 2.34. The Kier molecular flexibility index (Phi) is 3.55. The van der Waals surface area contributed by atoms with Crippen molar-refractivity contribution in [1.82, 2.24) is 14.5 Å². The second-order valence-electron chi connectivity index (χ2n) is 4.96. The van der Waals surface area contributed by atoms with E-state index < -0.39 is 0 Å². The minimum absolute atomic E-state index is 0.217. The Morgan fingerprint density at radius 2 is 2.00 bits per heavy atom. The van der Waals surface area contributed by atoms with Gasteiger partial charge in [-0.05, 0) is 37.6 Å². The number of rotatable bonds is 3. The van der Waals surface area contributed by atoms with Crippen LogP contribution in [0.25, 0.3) is 16.9 Å². The fraction of sp³-hybridized carbons (Fsp3) is 0.250. The average molecular weight is 302 g/mol. The monoisotopic (exact) mass is 301 g/mol. The Labute approximate surface area is 128 Å². The number of aromatic nitrogens is 3. The number of hydrogen-bond donors (Lipinski definition) is 0. The first-order valence-electron chi connectivity index (χ1n) is 6.74. The maximum Gasteiger partial charge on any atom is 0.215 e. The average Bonchev–Trinajstić information content (AvgIpc) is 2.85. The molecule has 1 unspecified atom stereocenters. The highest BCUT2D eigenvalue weighted by atomic mass is 35.5. The number of fused-ring (bicyclic) bond motifs is 1. The van der Waals surface area contributed by atoms with Crippen LogP contribution in [0, 0.1) is 6.92 Å². The standard InChI is InChI=1S/C16H16ClN3O/c1-10-5-4-6-12(9-10)20-15(11(2)17)18-13-7-8-14(21-3)19-16(13)20/h4-9,11H,1-3H3. The molecule has 0 aliphatic carbocycles. The van der Waals surface area contributed by atoms with Crippen LogP contribution < -0.4 is 4.74 Å². The van der Waals surface area contributed by atoms with E-state index in [0.29, 0.717) is 5.88 Å². The molecule has 0 saturated heterocycles. The van der Waals surface area contributed by atoms with Crippen LogP contribution in [0.1, 0.15) is 23.7 Å². The van der Waals surface area contributed by atoms with Gasteiger partial charge in [-0.15, -0.1) is 11.6 Å². The summed E-state index contributed by atoms with van der Waals surface area (Å²) >= 11 is 6.30. The van der Waals surface area contributed by atoms with Crippen molar-refractivity contribution in [3.05, 3.63) is 47.8 Å². The van der Waals surface area contributed by atoms with Gasteiger partial charge in [0.2, 0.25) is 5.88 Å². The molecule has 3 rings (SSSR count). The SMILES string of the molecule is COc1ccc2nc(C(C)Cl)n(-c3cccc(C)c3)c2n1. The lowest BCUT2D eigenvalue weighted by Crippen LogP contribution is -2.03. The summed E-state index contributed by atoms with van der Waals surface area (Å²) in [6.07, 6.45) is 0. The molecule has 0 spiro atoms. The van der Waals surface area contributed by atoms with Gasteiger partial charge in [-0.2, -0.15) is 4.98 Å². The Morgan fingerprint density at radius 1 is 1.19 bits per heavy atom. The number of nitrogens with zero attached hydrogens (tertiary/aromatic N) is 3. The molecule has 0 bridgehead atoms. The Hall–Kier alpha value is -2.07. The van der Waals surface area contributed by atoms with Gasteiger partial charge in [0, 0.05) is 11.8 Å². The number of halogens is 1. The van der Waals surface area contributed by atoms with Crippen LogP contribution in [-0.4, -0.2) is 21.6 Å². The van der Waals surface area contributed by atoms with Gasteiger partial charge < -0.3 is 4.74 Å². The molecule has 21 heavy (non-hydrogen) atoms. The first-order valence-corrected chi connectivity index (χ1v) is 7.18. The first-order chi connectivity index (χ1) is 10.1. The summed E-state index contributed by atoms with van der Waals surface area (Å²) in [6.45, 7) is 3.97. The highest BCUT2D eigenvalue weighted by molar-refractivity contribution is 6.20. The zero-order valence-corrected chi connectivity index (χ0v) is 12.9. The number of benzene rings is 1. The van der Waals surface area contributed by atoms with Crippen molar-refractivity contribution < 1.29 is 4.74 Å². The molecule has 0 amide bonds. The molecule has 0 saturated carbocycles. The molecule has 0 aliphatic rings. The maximum atomic E-state index is 6.30. The smallest absolute Gasteiger partial charge is 0.215 e. The number of imidazole rings is 1. The Bertz CT molecular complexity index is 795. The summed E-state index contributed by atoms with van der Waals surface area (Å²) in [6, 6.07) is 11.9. The van der Waals surface area contributed by atoms with Gasteiger partial charge in [0.05, 0.1) is 12.5 Å². The van der Waals surface area contributed by atoms with E-state index in [2.05, 4.69) is 29.0 Å². The van der Waals surface area contributed by atoms with E-state index in [1.807, 2.05) is 29.7 Å². The topological polar surface area (TPSA) is 39.9 Å². The van der Waals surface area contributed by atoms with Crippen molar-refractivity contribution in [3.8, 4) is 11.6 Å². The minimum atomic E-state index is -0.217. The van der Waals surface area contributed by atoms with Crippen LogP contribution in [0.5, 0.6) is 5.88 Å². The van der Waals surface area contributed by atoms with E-state index in [1.54, 1.807) is 13.2 Å². The summed E-state index contributed by atoms with van der Waals surface area (Å²) in [5.41, 5.74) is 3.73. The van der Waals surface area contributed by atoms with Gasteiger partial charge in [0.1, 0.15) is 11.3 Å². The molecule has 1 atom stereocenters. The molecule has 3 aromatic rings. The maximum absolute atomic E-state index is 6.30. The van der Waals surface area contributed by atoms with Gasteiger partial charge in [-0.1, -0.05) is 12.1 Å². The fourth-order valence-corrected chi connectivity index (χ4v) is 2.51. The number of hydrogen-bond acceptors (Lipinski definition) is 3. The quantitative estimate of drug-likeness (QED) is 0.686. The number of pyridine rings is 1. The molecule has 0 aliphatic heterocycles. The van der Waals surface area contributed by atoms with Crippen LogP contribution in [0.3, 0.4) is 0 Å². The third-order valence-electron chi connectivity index (χ3n) is 3.33. The molecule has 1 aromatic carbocycles. The zero-order chi connectivity index (χ0) is 15.0. The van der Waals surface area contributed by atoms with E-state index >= 15 is 0 Å². The summed E-state index contributed by atoms with van der Waals surface area (Å²) in [5.74, 6) is 1.34. The van der Waals surface area contributed by atoms with Crippen LogP contribution in [0.4, 0.5) is 0 Å². The molecule has 2 heterocycles. The lowest BCUT2D eigenvalue weighted by molar-refractivity contribution is 0.399. The molecule has 2 aromatic heterocycles. The predicted molar refractivity (Wildman–Crippen MR) is 84.4 cm³/mol. The third kappa shape index (κ3) is 2.47. The van der Waals surface area contributed by atoms with Gasteiger partial charge in [-0.3, -0.25) is 4.57 Å². The van der Waals surface area contributed by atoms with Gasteiger partial charge in [0.25, 0.3) is 0 Å². The number of aryl methyl sites for hydroxylation is 1. The third-order valence-corrected chi connectivity index (χ3v) is 3.52. The van der Waals surface area contributed by atoms with Crippen LogP contribution in [-0.2, 0) is 0 Å². The molecular formula is C16H16ClN3O. The summed E-state index contributed by atoms with van der Waals surface area (Å²) < 4.78 is 7.21. The summed E-state index contributed by atoms with van der Waals surface area (Å²) in [4.78, 5) is 9.13.